The van der Waals surface area contributed by atoms with Gasteiger partial charge in [-0.15, -0.1) is 0 Å². The number of carbonyl (C=O) groups is 1. The van der Waals surface area contributed by atoms with E-state index >= 15 is 0 Å². The molecule has 0 radical (unpaired) electrons. The van der Waals surface area contributed by atoms with Crippen molar-refractivity contribution < 1.29 is 19.0 Å². The van der Waals surface area contributed by atoms with Gasteiger partial charge in [0.15, 0.2) is 0 Å². The maximum Gasteiger partial charge on any atom is 0.270 e. The van der Waals surface area contributed by atoms with Crippen molar-refractivity contribution in [1.82, 2.24) is 10.3 Å². The number of hydrogen-bond acceptors (Lipinski definition) is 5. The lowest BCUT2D eigenvalue weighted by Gasteiger charge is -2.25. The molecule has 7 heteroatoms. The molecule has 0 fully saturated rings. The first kappa shape index (κ1) is 17.2. The summed E-state index contributed by atoms with van der Waals surface area (Å²) in [5.41, 5.74) is 2.54. The van der Waals surface area contributed by atoms with Crippen LogP contribution in [0.15, 0.2) is 30.3 Å². The lowest BCUT2D eigenvalue weighted by atomic mass is 10.0. The second-order valence-electron chi connectivity index (χ2n) is 5.99. The van der Waals surface area contributed by atoms with E-state index in [0.717, 1.165) is 11.3 Å². The van der Waals surface area contributed by atoms with Crippen molar-refractivity contribution in [3.8, 4) is 5.88 Å². The third-order valence-electron chi connectivity index (χ3n) is 3.86. The summed E-state index contributed by atoms with van der Waals surface area (Å²) >= 11 is 0. The molecule has 2 aromatic rings. The molecule has 0 spiro atoms. The average Bonchev–Trinajstić information content (AvgIpc) is 2.61. The molecule has 0 aliphatic carbocycles. The van der Waals surface area contributed by atoms with E-state index in [-0.39, 0.29) is 36.6 Å². The van der Waals surface area contributed by atoms with E-state index in [0.29, 0.717) is 24.5 Å². The van der Waals surface area contributed by atoms with Gasteiger partial charge in [0.05, 0.1) is 18.3 Å². The molecule has 1 aliphatic heterocycles. The fraction of sp³-hybridized carbons (Fsp3) is 0.333. The highest BCUT2D eigenvalue weighted by atomic mass is 19.1. The van der Waals surface area contributed by atoms with E-state index < -0.39 is 0 Å². The van der Waals surface area contributed by atoms with Gasteiger partial charge in [-0.2, -0.15) is 0 Å². The smallest absolute Gasteiger partial charge is 0.270 e. The first-order chi connectivity index (χ1) is 12.1. The van der Waals surface area contributed by atoms with E-state index in [9.17, 15) is 9.18 Å². The van der Waals surface area contributed by atoms with Gasteiger partial charge in [-0.25, -0.2) is 9.37 Å². The molecule has 0 saturated heterocycles. The minimum absolute atomic E-state index is 0.141. The third-order valence-corrected chi connectivity index (χ3v) is 3.86. The van der Waals surface area contributed by atoms with Crippen LogP contribution in [0.3, 0.4) is 0 Å². The quantitative estimate of drug-likeness (QED) is 0.769. The Bertz CT molecular complexity index is 765. The number of amides is 1. The van der Waals surface area contributed by atoms with E-state index in [2.05, 4.69) is 15.6 Å². The number of aromatic nitrogens is 1. The summed E-state index contributed by atoms with van der Waals surface area (Å²) in [7, 11) is 0. The fourth-order valence-electron chi connectivity index (χ4n) is 2.67. The van der Waals surface area contributed by atoms with Gasteiger partial charge in [0.25, 0.3) is 5.91 Å². The van der Waals surface area contributed by atoms with Crippen molar-refractivity contribution in [2.75, 3.05) is 25.1 Å². The number of anilines is 1. The number of halogens is 1. The highest BCUT2D eigenvalue weighted by molar-refractivity contribution is 5.94. The van der Waals surface area contributed by atoms with Crippen molar-refractivity contribution in [3.63, 3.8) is 0 Å². The highest BCUT2D eigenvalue weighted by Gasteiger charge is 2.22. The molecule has 0 saturated carbocycles. The van der Waals surface area contributed by atoms with E-state index in [1.807, 2.05) is 13.0 Å². The summed E-state index contributed by atoms with van der Waals surface area (Å²) in [5.74, 6) is -0.302. The zero-order valence-corrected chi connectivity index (χ0v) is 13.9. The van der Waals surface area contributed by atoms with Crippen molar-refractivity contribution in [1.29, 1.82) is 0 Å². The number of benzene rings is 1. The summed E-state index contributed by atoms with van der Waals surface area (Å²) in [6, 6.07) is 8.11. The van der Waals surface area contributed by atoms with Crippen LogP contribution in [0.5, 0.6) is 5.88 Å². The molecule has 1 aromatic heterocycles. The van der Waals surface area contributed by atoms with Crippen molar-refractivity contribution in [2.24, 2.45) is 0 Å². The molecule has 3 rings (SSSR count). The molecule has 3 N–H and O–H groups in total. The largest absolute Gasteiger partial charge is 0.474 e. The Morgan fingerprint density at radius 3 is 2.92 bits per heavy atom. The van der Waals surface area contributed by atoms with Crippen LogP contribution in [0.4, 0.5) is 10.1 Å². The van der Waals surface area contributed by atoms with E-state index in [4.69, 9.17) is 9.84 Å². The monoisotopic (exact) mass is 345 g/mol. The predicted molar refractivity (Wildman–Crippen MR) is 91.4 cm³/mol. The van der Waals surface area contributed by atoms with E-state index in [1.165, 1.54) is 12.1 Å². The number of pyridine rings is 1. The maximum absolute atomic E-state index is 13.1. The van der Waals surface area contributed by atoms with Crippen molar-refractivity contribution in [2.45, 2.75) is 19.4 Å². The lowest BCUT2D eigenvalue weighted by Crippen LogP contribution is -2.31. The van der Waals surface area contributed by atoms with Crippen LogP contribution in [-0.2, 0) is 6.42 Å². The number of hydrogen-bond donors (Lipinski definition) is 3. The lowest BCUT2D eigenvalue weighted by molar-refractivity contribution is 0.0937. The van der Waals surface area contributed by atoms with Crippen molar-refractivity contribution >= 4 is 11.6 Å². The Balaban J connectivity index is 1.96. The molecule has 1 atom stereocenters. The zero-order valence-electron chi connectivity index (χ0n) is 13.9. The highest BCUT2D eigenvalue weighted by Crippen LogP contribution is 2.30. The molecule has 1 amide bonds. The number of carbonyl (C=O) groups excluding carboxylic acids is 1. The Kier molecular flexibility index (Phi) is 5.14. The van der Waals surface area contributed by atoms with Gasteiger partial charge >= 0.3 is 0 Å². The fourth-order valence-corrected chi connectivity index (χ4v) is 2.67. The number of ether oxygens (including phenoxy) is 1. The predicted octanol–water partition coefficient (Wildman–Crippen LogP) is 1.73. The molecule has 2 heterocycles. The van der Waals surface area contributed by atoms with Crippen molar-refractivity contribution in [3.05, 3.63) is 53.0 Å². The number of aliphatic hydroxyl groups excluding tert-OH is 1. The summed E-state index contributed by atoms with van der Waals surface area (Å²) in [5, 5.41) is 14.8. The van der Waals surface area contributed by atoms with Crippen LogP contribution in [0.2, 0.25) is 0 Å². The Labute approximate surface area is 145 Å². The minimum atomic E-state index is -0.379. The molecule has 6 nitrogen and oxygen atoms in total. The molecule has 1 aromatic carbocycles. The Hall–Kier alpha value is -2.67. The standard InChI is InChI=1S/C18H20FN3O3/c1-11-10-25-18-15(21-11)9-13(8-12-2-4-14(19)5-3-12)16(22-18)17(24)20-6-7-23/h2-5,9,11,21,23H,6-8,10H2,1H3,(H,20,24). The number of nitrogens with one attached hydrogen (secondary N) is 2. The van der Waals surface area contributed by atoms with Gasteiger partial charge in [0, 0.05) is 6.54 Å². The molecule has 0 bridgehead atoms. The molecule has 1 aliphatic rings. The number of fused-ring (bicyclic) bond motifs is 1. The summed E-state index contributed by atoms with van der Waals surface area (Å²) in [6.45, 7) is 2.45. The van der Waals surface area contributed by atoms with Gasteiger partial charge < -0.3 is 20.5 Å². The summed E-state index contributed by atoms with van der Waals surface area (Å²) in [6.07, 6.45) is 0.429. The zero-order chi connectivity index (χ0) is 17.8. The van der Waals surface area contributed by atoms with Crippen LogP contribution in [0, 0.1) is 5.82 Å². The van der Waals surface area contributed by atoms with Crippen LogP contribution in [0.25, 0.3) is 0 Å². The summed E-state index contributed by atoms with van der Waals surface area (Å²) < 4.78 is 18.7. The SMILES string of the molecule is CC1COc2nc(C(=O)NCCO)c(Cc3ccc(F)cc3)cc2N1. The Morgan fingerprint density at radius 2 is 2.20 bits per heavy atom. The molecular weight excluding hydrogens is 325 g/mol. The third kappa shape index (κ3) is 4.06. The number of aliphatic hydroxyl groups is 1. The first-order valence-electron chi connectivity index (χ1n) is 8.13. The minimum Gasteiger partial charge on any atom is -0.474 e. The average molecular weight is 345 g/mol. The molecule has 132 valence electrons. The summed E-state index contributed by atoms with van der Waals surface area (Å²) in [4.78, 5) is 16.8. The first-order valence-corrected chi connectivity index (χ1v) is 8.13. The van der Waals surface area contributed by atoms with E-state index in [1.54, 1.807) is 12.1 Å². The van der Waals surface area contributed by atoms with Crippen LogP contribution >= 0.6 is 0 Å². The van der Waals surface area contributed by atoms with Gasteiger partial charge in [0.1, 0.15) is 18.1 Å². The van der Waals surface area contributed by atoms with Gasteiger partial charge in [-0.1, -0.05) is 12.1 Å². The molecule has 1 unspecified atom stereocenters. The van der Waals surface area contributed by atoms with Gasteiger partial charge in [-0.3, -0.25) is 4.79 Å². The van der Waals surface area contributed by atoms with Crippen LogP contribution < -0.4 is 15.4 Å². The number of nitrogens with zero attached hydrogens (tertiary/aromatic N) is 1. The topological polar surface area (TPSA) is 83.5 Å². The second-order valence-corrected chi connectivity index (χ2v) is 5.99. The second kappa shape index (κ2) is 7.48. The molecular formula is C18H20FN3O3. The van der Waals surface area contributed by atoms with Crippen LogP contribution in [0.1, 0.15) is 28.5 Å². The molecule has 25 heavy (non-hydrogen) atoms. The van der Waals surface area contributed by atoms with Gasteiger partial charge in [0.2, 0.25) is 5.88 Å². The van der Waals surface area contributed by atoms with Gasteiger partial charge in [-0.05, 0) is 42.7 Å². The normalized spacial score (nSPS) is 15.7. The maximum atomic E-state index is 13.1. The Morgan fingerprint density at radius 1 is 1.44 bits per heavy atom. The number of rotatable bonds is 5. The van der Waals surface area contributed by atoms with Crippen LogP contribution in [-0.4, -0.2) is 41.8 Å².